The summed E-state index contributed by atoms with van der Waals surface area (Å²) in [5, 5.41) is 6.69. The minimum Gasteiger partial charge on any atom is -0.352 e. The van der Waals surface area contributed by atoms with Crippen LogP contribution in [-0.4, -0.2) is 24.0 Å². The topological polar surface area (TPSA) is 41.1 Å². The van der Waals surface area contributed by atoms with E-state index < -0.39 is 0 Å². The summed E-state index contributed by atoms with van der Waals surface area (Å²) in [7, 11) is 0. The second kappa shape index (κ2) is 5.92. The van der Waals surface area contributed by atoms with Crippen molar-refractivity contribution in [2.24, 2.45) is 0 Å². The van der Waals surface area contributed by atoms with Crippen LogP contribution in [0.1, 0.15) is 37.7 Å². The zero-order chi connectivity index (χ0) is 13.9. The summed E-state index contributed by atoms with van der Waals surface area (Å²) in [6.45, 7) is 0. The van der Waals surface area contributed by atoms with Gasteiger partial charge in [0.2, 0.25) is 5.91 Å². The maximum Gasteiger partial charge on any atom is 0.220 e. The maximum absolute atomic E-state index is 13.7. The molecule has 0 unspecified atom stereocenters. The Hall–Kier alpha value is -1.42. The zero-order valence-electron chi connectivity index (χ0n) is 11.6. The Morgan fingerprint density at radius 2 is 2.05 bits per heavy atom. The van der Waals surface area contributed by atoms with Gasteiger partial charge in [-0.3, -0.25) is 4.79 Å². The molecule has 1 aromatic rings. The van der Waals surface area contributed by atoms with Crippen molar-refractivity contribution in [1.29, 1.82) is 0 Å². The van der Waals surface area contributed by atoms with Gasteiger partial charge in [0.15, 0.2) is 0 Å². The van der Waals surface area contributed by atoms with Crippen LogP contribution in [-0.2, 0) is 11.2 Å². The summed E-state index contributed by atoms with van der Waals surface area (Å²) in [6, 6.07) is 7.74. The first kappa shape index (κ1) is 13.6. The second-order valence-corrected chi connectivity index (χ2v) is 5.92. The molecule has 20 heavy (non-hydrogen) atoms. The molecule has 2 N–H and O–H groups in total. The average molecular weight is 276 g/mol. The number of rotatable bonds is 2. The number of halogens is 1. The molecule has 0 aliphatic carbocycles. The standard InChI is InChI=1S/C16H21FN2O/c17-13-6-2-1-5-11(13)9-12-10-15-14(18-12)7-3-4-8-16(20)19-15/h1-2,5-6,12,14-15,18H,3-4,7-10H2,(H,19,20)/t12-,14-,15+/m0/s1. The Balaban J connectivity index is 1.66. The molecule has 4 heteroatoms. The lowest BCUT2D eigenvalue weighted by Crippen LogP contribution is -2.44. The summed E-state index contributed by atoms with van der Waals surface area (Å²) in [5.74, 6) is 0.0238. The molecule has 0 bridgehead atoms. The van der Waals surface area contributed by atoms with Crippen molar-refractivity contribution in [3.05, 3.63) is 35.6 Å². The van der Waals surface area contributed by atoms with Crippen LogP contribution in [0.5, 0.6) is 0 Å². The first-order valence-corrected chi connectivity index (χ1v) is 7.51. The summed E-state index contributed by atoms with van der Waals surface area (Å²) < 4.78 is 13.7. The van der Waals surface area contributed by atoms with Gasteiger partial charge in [-0.1, -0.05) is 24.6 Å². The van der Waals surface area contributed by atoms with E-state index in [2.05, 4.69) is 10.6 Å². The predicted octanol–water partition coefficient (Wildman–Crippen LogP) is 2.16. The monoisotopic (exact) mass is 276 g/mol. The third-order valence-corrected chi connectivity index (χ3v) is 4.41. The molecule has 0 radical (unpaired) electrons. The van der Waals surface area contributed by atoms with Crippen molar-refractivity contribution in [3.63, 3.8) is 0 Å². The molecule has 2 aliphatic heterocycles. The highest BCUT2D eigenvalue weighted by Gasteiger charge is 2.35. The van der Waals surface area contributed by atoms with E-state index >= 15 is 0 Å². The summed E-state index contributed by atoms with van der Waals surface area (Å²) >= 11 is 0. The number of carbonyl (C=O) groups excluding carboxylic acids is 1. The van der Waals surface area contributed by atoms with Crippen LogP contribution in [0, 0.1) is 5.82 Å². The van der Waals surface area contributed by atoms with E-state index in [0.717, 1.165) is 31.2 Å². The highest BCUT2D eigenvalue weighted by Crippen LogP contribution is 2.23. The van der Waals surface area contributed by atoms with Crippen LogP contribution in [0.25, 0.3) is 0 Å². The van der Waals surface area contributed by atoms with Gasteiger partial charge in [0, 0.05) is 24.5 Å². The Labute approximate surface area is 118 Å². The minimum atomic E-state index is -0.136. The molecule has 2 fully saturated rings. The van der Waals surface area contributed by atoms with Gasteiger partial charge in [-0.15, -0.1) is 0 Å². The van der Waals surface area contributed by atoms with Crippen molar-refractivity contribution >= 4 is 5.91 Å². The number of nitrogens with one attached hydrogen (secondary N) is 2. The highest BCUT2D eigenvalue weighted by molar-refractivity contribution is 5.76. The smallest absolute Gasteiger partial charge is 0.220 e. The predicted molar refractivity (Wildman–Crippen MR) is 75.8 cm³/mol. The van der Waals surface area contributed by atoms with Gasteiger partial charge in [-0.25, -0.2) is 4.39 Å². The molecule has 2 heterocycles. The lowest BCUT2D eigenvalue weighted by atomic mass is 9.97. The van der Waals surface area contributed by atoms with Crippen molar-refractivity contribution < 1.29 is 9.18 Å². The SMILES string of the molecule is O=C1CCCC[C@@H]2N[C@@H](Cc3ccccc3F)C[C@H]2N1. The molecule has 108 valence electrons. The maximum atomic E-state index is 13.7. The van der Waals surface area contributed by atoms with Gasteiger partial charge in [0.25, 0.3) is 0 Å². The third kappa shape index (κ3) is 3.01. The molecule has 3 atom stereocenters. The third-order valence-electron chi connectivity index (χ3n) is 4.41. The number of hydrogen-bond acceptors (Lipinski definition) is 2. The van der Waals surface area contributed by atoms with Crippen LogP contribution >= 0.6 is 0 Å². The molecule has 0 aromatic heterocycles. The zero-order valence-corrected chi connectivity index (χ0v) is 11.6. The van der Waals surface area contributed by atoms with Gasteiger partial charge in [0.05, 0.1) is 0 Å². The minimum absolute atomic E-state index is 0.136. The first-order valence-electron chi connectivity index (χ1n) is 7.51. The molecule has 2 saturated heterocycles. The molecule has 2 aliphatic rings. The Morgan fingerprint density at radius 1 is 1.20 bits per heavy atom. The molecule has 1 aromatic carbocycles. The van der Waals surface area contributed by atoms with E-state index in [4.69, 9.17) is 0 Å². The van der Waals surface area contributed by atoms with Crippen LogP contribution in [0.3, 0.4) is 0 Å². The fourth-order valence-corrected chi connectivity index (χ4v) is 3.40. The van der Waals surface area contributed by atoms with Crippen LogP contribution in [0.4, 0.5) is 4.39 Å². The molecule has 0 saturated carbocycles. The first-order chi connectivity index (χ1) is 9.72. The number of hydrogen-bond donors (Lipinski definition) is 2. The van der Waals surface area contributed by atoms with Crippen LogP contribution in [0.15, 0.2) is 24.3 Å². The van der Waals surface area contributed by atoms with Gasteiger partial charge >= 0.3 is 0 Å². The van der Waals surface area contributed by atoms with Gasteiger partial charge in [-0.05, 0) is 37.3 Å². The quantitative estimate of drug-likeness (QED) is 0.869. The molecule has 0 spiro atoms. The van der Waals surface area contributed by atoms with Crippen LogP contribution < -0.4 is 10.6 Å². The Morgan fingerprint density at radius 3 is 2.90 bits per heavy atom. The van der Waals surface area contributed by atoms with Crippen molar-refractivity contribution in [2.45, 2.75) is 56.7 Å². The lowest BCUT2D eigenvalue weighted by Gasteiger charge is -2.23. The fraction of sp³-hybridized carbons (Fsp3) is 0.562. The van der Waals surface area contributed by atoms with Gasteiger partial charge in [0.1, 0.15) is 5.82 Å². The number of fused-ring (bicyclic) bond motifs is 1. The van der Waals surface area contributed by atoms with E-state index in [0.29, 0.717) is 18.9 Å². The van der Waals surface area contributed by atoms with Crippen molar-refractivity contribution in [3.8, 4) is 0 Å². The number of amides is 1. The summed E-state index contributed by atoms with van der Waals surface area (Å²) in [4.78, 5) is 11.7. The fourth-order valence-electron chi connectivity index (χ4n) is 3.40. The van der Waals surface area contributed by atoms with E-state index in [1.54, 1.807) is 6.07 Å². The molecular weight excluding hydrogens is 255 g/mol. The molecule has 3 nitrogen and oxygen atoms in total. The number of benzene rings is 1. The van der Waals surface area contributed by atoms with Crippen molar-refractivity contribution in [1.82, 2.24) is 10.6 Å². The molecule has 1 amide bonds. The largest absolute Gasteiger partial charge is 0.352 e. The molecular formula is C16H21FN2O. The van der Waals surface area contributed by atoms with E-state index in [9.17, 15) is 9.18 Å². The lowest BCUT2D eigenvalue weighted by molar-refractivity contribution is -0.122. The normalized spacial score (nSPS) is 30.2. The van der Waals surface area contributed by atoms with E-state index in [-0.39, 0.29) is 23.8 Å². The van der Waals surface area contributed by atoms with Gasteiger partial charge < -0.3 is 10.6 Å². The average Bonchev–Trinajstić information content (AvgIpc) is 2.76. The van der Waals surface area contributed by atoms with Crippen molar-refractivity contribution in [2.75, 3.05) is 0 Å². The molecule has 3 rings (SSSR count). The van der Waals surface area contributed by atoms with E-state index in [1.807, 2.05) is 12.1 Å². The van der Waals surface area contributed by atoms with E-state index in [1.165, 1.54) is 6.07 Å². The summed E-state index contributed by atoms with van der Waals surface area (Å²) in [6.07, 6.45) is 5.38. The highest BCUT2D eigenvalue weighted by atomic mass is 19.1. The Kier molecular flexibility index (Phi) is 4.01. The second-order valence-electron chi connectivity index (χ2n) is 5.92. The number of carbonyl (C=O) groups is 1. The summed E-state index contributed by atoms with van der Waals surface area (Å²) in [5.41, 5.74) is 0.755. The van der Waals surface area contributed by atoms with Crippen LogP contribution in [0.2, 0.25) is 0 Å². The Bertz CT molecular complexity index is 491. The van der Waals surface area contributed by atoms with Gasteiger partial charge in [-0.2, -0.15) is 0 Å².